The molecule has 0 aliphatic heterocycles. The number of nitrogens with one attached hydrogen (secondary N) is 2. The molecule has 0 radical (unpaired) electrons. The Labute approximate surface area is 136 Å². The number of nitrogens with two attached hydrogens (primary N) is 1. The topological polar surface area (TPSA) is 177 Å². The summed E-state index contributed by atoms with van der Waals surface area (Å²) in [5.41, 5.74) is 6.08. The molecule has 0 saturated carbocycles. The van der Waals surface area contributed by atoms with Crippen LogP contribution in [0.4, 0.5) is 0 Å². The molecule has 1 aromatic heterocycles. The van der Waals surface area contributed by atoms with Crippen molar-refractivity contribution in [2.45, 2.75) is 18.9 Å². The second kappa shape index (κ2) is 9.25. The maximum Gasteiger partial charge on any atom is 0.322 e. The third kappa shape index (κ3) is 6.04. The van der Waals surface area contributed by atoms with Crippen LogP contribution in [0.1, 0.15) is 18.2 Å². The van der Waals surface area contributed by atoms with E-state index in [1.807, 2.05) is 0 Å². The van der Waals surface area contributed by atoms with Crippen molar-refractivity contribution in [3.05, 3.63) is 18.2 Å². The van der Waals surface area contributed by atoms with E-state index in [-0.39, 0.29) is 6.42 Å². The normalized spacial score (nSPS) is 11.5. The fourth-order valence-electron chi connectivity index (χ4n) is 1.97. The summed E-state index contributed by atoms with van der Waals surface area (Å²) in [5, 5.41) is 21.6. The van der Waals surface area contributed by atoms with Crippen LogP contribution in [0.15, 0.2) is 12.5 Å². The number of imidazole rings is 1. The van der Waals surface area contributed by atoms with Crippen LogP contribution in [0.2, 0.25) is 0 Å². The van der Waals surface area contributed by atoms with E-state index in [1.165, 1.54) is 17.1 Å². The van der Waals surface area contributed by atoms with Gasteiger partial charge in [0.15, 0.2) is 0 Å². The van der Waals surface area contributed by atoms with Gasteiger partial charge in [0.2, 0.25) is 11.8 Å². The predicted molar refractivity (Wildman–Crippen MR) is 79.9 cm³/mol. The van der Waals surface area contributed by atoms with Crippen molar-refractivity contribution in [3.8, 4) is 0 Å². The average molecular weight is 341 g/mol. The highest BCUT2D eigenvalue weighted by atomic mass is 16.4. The molecule has 0 saturated heterocycles. The zero-order chi connectivity index (χ0) is 18.1. The summed E-state index contributed by atoms with van der Waals surface area (Å²) < 4.78 is 1.42. The maximum atomic E-state index is 12.2. The number of carbonyl (C=O) groups is 4. The Morgan fingerprint density at radius 1 is 1.17 bits per heavy atom. The quantitative estimate of drug-likeness (QED) is 0.316. The molecule has 2 amide bonds. The highest BCUT2D eigenvalue weighted by Crippen LogP contribution is 2.15. The Hall–Kier alpha value is -2.95. The standard InChI is InChI=1S/C13H19N5O6/c14-2-1-8-4-15-7-18(8)9(13(24)17-6-12(22)23)3-10(19)16-5-11(20)21/h4,7,9H,1-3,5-6,14H2,(H,16,19)(H,17,24)(H,20,21)(H,22,23). The van der Waals surface area contributed by atoms with E-state index in [4.69, 9.17) is 15.9 Å². The van der Waals surface area contributed by atoms with E-state index in [0.29, 0.717) is 18.7 Å². The van der Waals surface area contributed by atoms with E-state index < -0.39 is 42.9 Å². The fourth-order valence-corrected chi connectivity index (χ4v) is 1.97. The molecule has 0 spiro atoms. The lowest BCUT2D eigenvalue weighted by atomic mass is 10.1. The first-order valence-corrected chi connectivity index (χ1v) is 7.04. The lowest BCUT2D eigenvalue weighted by Gasteiger charge is -2.19. The summed E-state index contributed by atoms with van der Waals surface area (Å²) in [4.78, 5) is 49.0. The van der Waals surface area contributed by atoms with Crippen LogP contribution >= 0.6 is 0 Å². The fraction of sp³-hybridized carbons (Fsp3) is 0.462. The summed E-state index contributed by atoms with van der Waals surface area (Å²) in [5.74, 6) is -3.81. The molecule has 132 valence electrons. The van der Waals surface area contributed by atoms with Crippen LogP contribution in [0, 0.1) is 0 Å². The van der Waals surface area contributed by atoms with Crippen molar-refractivity contribution in [1.29, 1.82) is 0 Å². The zero-order valence-corrected chi connectivity index (χ0v) is 12.8. The number of hydrogen-bond donors (Lipinski definition) is 5. The maximum absolute atomic E-state index is 12.2. The zero-order valence-electron chi connectivity index (χ0n) is 12.8. The number of rotatable bonds is 10. The highest BCUT2D eigenvalue weighted by molar-refractivity contribution is 5.89. The monoisotopic (exact) mass is 341 g/mol. The van der Waals surface area contributed by atoms with Crippen molar-refractivity contribution in [3.63, 3.8) is 0 Å². The number of carbonyl (C=O) groups excluding carboxylic acids is 2. The Balaban J connectivity index is 2.91. The minimum Gasteiger partial charge on any atom is -0.480 e. The molecule has 11 nitrogen and oxygen atoms in total. The van der Waals surface area contributed by atoms with Crippen LogP contribution in [0.5, 0.6) is 0 Å². The number of hydrogen-bond acceptors (Lipinski definition) is 6. The van der Waals surface area contributed by atoms with Gasteiger partial charge >= 0.3 is 11.9 Å². The number of carboxylic acid groups (broad SMARTS) is 2. The lowest BCUT2D eigenvalue weighted by molar-refractivity contribution is -0.139. The molecule has 1 aromatic rings. The first-order chi connectivity index (χ1) is 11.3. The number of aliphatic carboxylic acids is 2. The van der Waals surface area contributed by atoms with Gasteiger partial charge in [0.25, 0.3) is 0 Å². The molecule has 24 heavy (non-hydrogen) atoms. The molecule has 1 rings (SSSR count). The SMILES string of the molecule is NCCc1cncn1C(CC(=O)NCC(=O)O)C(=O)NCC(=O)O. The Morgan fingerprint density at radius 3 is 2.38 bits per heavy atom. The van der Waals surface area contributed by atoms with E-state index in [2.05, 4.69) is 15.6 Å². The summed E-state index contributed by atoms with van der Waals surface area (Å²) in [6, 6.07) is -1.07. The van der Waals surface area contributed by atoms with Crippen molar-refractivity contribution in [2.75, 3.05) is 19.6 Å². The Bertz CT molecular complexity index is 614. The van der Waals surface area contributed by atoms with Gasteiger partial charge in [-0.2, -0.15) is 0 Å². The number of amides is 2. The van der Waals surface area contributed by atoms with Crippen LogP contribution in [-0.4, -0.2) is 63.2 Å². The third-order valence-corrected chi connectivity index (χ3v) is 3.01. The minimum atomic E-state index is -1.23. The first kappa shape index (κ1) is 19.1. The van der Waals surface area contributed by atoms with Gasteiger partial charge in [0.1, 0.15) is 19.1 Å². The minimum absolute atomic E-state index is 0.292. The van der Waals surface area contributed by atoms with Crippen molar-refractivity contribution < 1.29 is 29.4 Å². The van der Waals surface area contributed by atoms with Crippen LogP contribution in [0.3, 0.4) is 0 Å². The van der Waals surface area contributed by atoms with Crippen molar-refractivity contribution in [2.24, 2.45) is 5.73 Å². The van der Waals surface area contributed by atoms with Crippen LogP contribution in [-0.2, 0) is 25.6 Å². The van der Waals surface area contributed by atoms with E-state index >= 15 is 0 Å². The molecule has 6 N–H and O–H groups in total. The summed E-state index contributed by atoms with van der Waals surface area (Å²) in [6.07, 6.45) is 2.85. The van der Waals surface area contributed by atoms with Gasteiger partial charge in [-0.1, -0.05) is 0 Å². The highest BCUT2D eigenvalue weighted by Gasteiger charge is 2.25. The smallest absolute Gasteiger partial charge is 0.322 e. The van der Waals surface area contributed by atoms with E-state index in [0.717, 1.165) is 0 Å². The predicted octanol–water partition coefficient (Wildman–Crippen LogP) is -2.28. The van der Waals surface area contributed by atoms with Gasteiger partial charge < -0.3 is 31.1 Å². The van der Waals surface area contributed by atoms with Gasteiger partial charge in [0, 0.05) is 18.3 Å². The van der Waals surface area contributed by atoms with Crippen molar-refractivity contribution >= 4 is 23.8 Å². The van der Waals surface area contributed by atoms with Gasteiger partial charge in [-0.25, -0.2) is 4.98 Å². The number of carboxylic acids is 2. The summed E-state index contributed by atoms with van der Waals surface area (Å²) in [7, 11) is 0. The molecule has 11 heteroatoms. The van der Waals surface area contributed by atoms with Crippen molar-refractivity contribution in [1.82, 2.24) is 20.2 Å². The van der Waals surface area contributed by atoms with E-state index in [9.17, 15) is 19.2 Å². The molecular weight excluding hydrogens is 322 g/mol. The molecule has 1 atom stereocenters. The Kier molecular flexibility index (Phi) is 7.36. The molecule has 0 aliphatic carbocycles. The van der Waals surface area contributed by atoms with Crippen LogP contribution < -0.4 is 16.4 Å². The molecule has 0 bridgehead atoms. The molecule has 0 aliphatic rings. The molecular formula is C13H19N5O6. The summed E-state index contributed by atoms with van der Waals surface area (Å²) >= 11 is 0. The Morgan fingerprint density at radius 2 is 1.79 bits per heavy atom. The molecule has 1 unspecified atom stereocenters. The molecule has 0 aromatic carbocycles. The molecule has 1 heterocycles. The second-order valence-corrected chi connectivity index (χ2v) is 4.83. The van der Waals surface area contributed by atoms with Gasteiger partial charge in [-0.05, 0) is 6.54 Å². The largest absolute Gasteiger partial charge is 0.480 e. The first-order valence-electron chi connectivity index (χ1n) is 7.04. The average Bonchev–Trinajstić information content (AvgIpc) is 2.96. The third-order valence-electron chi connectivity index (χ3n) is 3.01. The summed E-state index contributed by atoms with van der Waals surface area (Å²) in [6.45, 7) is -0.894. The lowest BCUT2D eigenvalue weighted by Crippen LogP contribution is -2.39. The van der Waals surface area contributed by atoms with Gasteiger partial charge in [-0.3, -0.25) is 19.2 Å². The second-order valence-electron chi connectivity index (χ2n) is 4.83. The number of nitrogens with zero attached hydrogens (tertiary/aromatic N) is 2. The van der Waals surface area contributed by atoms with Gasteiger partial charge in [-0.15, -0.1) is 0 Å². The number of aromatic nitrogens is 2. The van der Waals surface area contributed by atoms with Gasteiger partial charge in [0.05, 0.1) is 12.7 Å². The van der Waals surface area contributed by atoms with E-state index in [1.54, 1.807) is 0 Å². The van der Waals surface area contributed by atoms with Crippen LogP contribution in [0.25, 0.3) is 0 Å². The molecule has 0 fully saturated rings.